The molecule has 0 saturated carbocycles. The fourth-order valence-electron chi connectivity index (χ4n) is 1.01. The Labute approximate surface area is 98.0 Å². The Balaban J connectivity index is 2.70. The summed E-state index contributed by atoms with van der Waals surface area (Å²) in [5.74, 6) is 0.123. The molecule has 1 amide bonds. The molecule has 0 spiro atoms. The van der Waals surface area contributed by atoms with Crippen molar-refractivity contribution in [1.29, 1.82) is 0 Å². The van der Waals surface area contributed by atoms with Gasteiger partial charge in [-0.15, -0.1) is 0 Å². The highest BCUT2D eigenvalue weighted by atomic mass is 35.5. The summed E-state index contributed by atoms with van der Waals surface area (Å²) in [6.07, 6.45) is 0.0316. The normalized spacial score (nSPS) is 10.0. The lowest BCUT2D eigenvalue weighted by Gasteiger charge is -2.10. The maximum Gasteiger partial charge on any atom is 0.240 e. The van der Waals surface area contributed by atoms with Gasteiger partial charge in [0.25, 0.3) is 0 Å². The number of anilines is 1. The SMILES string of the molecule is Cc1nc(Cl)nc(NNC(=O)CCO)c1C. The second-order valence-corrected chi connectivity index (χ2v) is 3.54. The Bertz CT molecular complexity index is 397. The molecule has 1 aromatic heterocycles. The quantitative estimate of drug-likeness (QED) is 0.533. The van der Waals surface area contributed by atoms with E-state index in [1.165, 1.54) is 0 Å². The summed E-state index contributed by atoms with van der Waals surface area (Å²) in [5.41, 5.74) is 6.57. The lowest BCUT2D eigenvalue weighted by atomic mass is 10.2. The number of hydrazine groups is 1. The van der Waals surface area contributed by atoms with Crippen molar-refractivity contribution in [3.8, 4) is 0 Å². The number of carbonyl (C=O) groups is 1. The molecule has 88 valence electrons. The van der Waals surface area contributed by atoms with Gasteiger partial charge in [-0.05, 0) is 25.4 Å². The first-order chi connectivity index (χ1) is 7.54. The number of hydrogen-bond donors (Lipinski definition) is 3. The third kappa shape index (κ3) is 3.32. The molecule has 1 aromatic rings. The summed E-state index contributed by atoms with van der Waals surface area (Å²) in [4.78, 5) is 19.0. The van der Waals surface area contributed by atoms with E-state index in [1.807, 2.05) is 6.92 Å². The number of amides is 1. The first-order valence-electron chi connectivity index (χ1n) is 4.71. The van der Waals surface area contributed by atoms with Crippen LogP contribution in [0.1, 0.15) is 17.7 Å². The van der Waals surface area contributed by atoms with Crippen LogP contribution >= 0.6 is 11.6 Å². The first-order valence-corrected chi connectivity index (χ1v) is 5.09. The van der Waals surface area contributed by atoms with Gasteiger partial charge in [-0.1, -0.05) is 0 Å². The molecule has 0 radical (unpaired) electrons. The Morgan fingerprint density at radius 1 is 1.44 bits per heavy atom. The number of hydrogen-bond acceptors (Lipinski definition) is 5. The van der Waals surface area contributed by atoms with Crippen LogP contribution in [0.25, 0.3) is 0 Å². The van der Waals surface area contributed by atoms with E-state index in [-0.39, 0.29) is 24.2 Å². The molecule has 0 saturated heterocycles. The van der Waals surface area contributed by atoms with Crippen LogP contribution in [0, 0.1) is 13.8 Å². The summed E-state index contributed by atoms with van der Waals surface area (Å²) in [6, 6.07) is 0. The van der Waals surface area contributed by atoms with Crippen LogP contribution in [0.15, 0.2) is 0 Å². The van der Waals surface area contributed by atoms with Crippen molar-refractivity contribution in [2.75, 3.05) is 12.0 Å². The van der Waals surface area contributed by atoms with E-state index in [0.717, 1.165) is 11.3 Å². The molecule has 0 aliphatic heterocycles. The van der Waals surface area contributed by atoms with Crippen molar-refractivity contribution in [2.45, 2.75) is 20.3 Å². The average molecular weight is 245 g/mol. The Morgan fingerprint density at radius 2 is 2.12 bits per heavy atom. The minimum Gasteiger partial charge on any atom is -0.396 e. The molecule has 16 heavy (non-hydrogen) atoms. The number of aromatic nitrogens is 2. The molecule has 0 atom stereocenters. The molecule has 0 bridgehead atoms. The van der Waals surface area contributed by atoms with Crippen LogP contribution in [-0.4, -0.2) is 27.6 Å². The number of carbonyl (C=O) groups excluding carboxylic acids is 1. The van der Waals surface area contributed by atoms with Crippen molar-refractivity contribution in [3.63, 3.8) is 0 Å². The lowest BCUT2D eigenvalue weighted by molar-refractivity contribution is -0.121. The van der Waals surface area contributed by atoms with Crippen LogP contribution in [0.3, 0.4) is 0 Å². The van der Waals surface area contributed by atoms with Gasteiger partial charge in [-0.2, -0.15) is 4.98 Å². The maximum atomic E-state index is 11.1. The van der Waals surface area contributed by atoms with Crippen molar-refractivity contribution in [3.05, 3.63) is 16.5 Å². The number of aliphatic hydroxyl groups excluding tert-OH is 1. The zero-order valence-corrected chi connectivity index (χ0v) is 9.80. The fraction of sp³-hybridized carbons (Fsp3) is 0.444. The number of aryl methyl sites for hydroxylation is 1. The lowest BCUT2D eigenvalue weighted by Crippen LogP contribution is -2.30. The van der Waals surface area contributed by atoms with E-state index in [9.17, 15) is 4.79 Å². The van der Waals surface area contributed by atoms with Gasteiger partial charge in [0.05, 0.1) is 13.0 Å². The zero-order chi connectivity index (χ0) is 12.1. The molecule has 7 heteroatoms. The van der Waals surface area contributed by atoms with Crippen LogP contribution in [-0.2, 0) is 4.79 Å². The highest BCUT2D eigenvalue weighted by Gasteiger charge is 2.07. The van der Waals surface area contributed by atoms with E-state index in [2.05, 4.69) is 20.8 Å². The molecule has 1 rings (SSSR count). The Hall–Kier alpha value is -1.40. The van der Waals surface area contributed by atoms with Crippen LogP contribution < -0.4 is 10.9 Å². The number of nitrogens with one attached hydrogen (secondary N) is 2. The van der Waals surface area contributed by atoms with Gasteiger partial charge < -0.3 is 5.11 Å². The van der Waals surface area contributed by atoms with E-state index < -0.39 is 0 Å². The van der Waals surface area contributed by atoms with Gasteiger partial charge in [0.2, 0.25) is 11.2 Å². The summed E-state index contributed by atoms with van der Waals surface area (Å²) in [7, 11) is 0. The van der Waals surface area contributed by atoms with Gasteiger partial charge in [0.15, 0.2) is 5.82 Å². The van der Waals surface area contributed by atoms with Gasteiger partial charge in [0.1, 0.15) is 0 Å². The standard InChI is InChI=1S/C9H13ClN4O2/c1-5-6(2)11-9(10)12-8(5)14-13-7(16)3-4-15/h15H,3-4H2,1-2H3,(H,13,16)(H,11,12,14). The predicted octanol–water partition coefficient (Wildman–Crippen LogP) is 0.572. The monoisotopic (exact) mass is 244 g/mol. The summed E-state index contributed by atoms with van der Waals surface area (Å²) >= 11 is 5.68. The molecule has 0 fully saturated rings. The highest BCUT2D eigenvalue weighted by Crippen LogP contribution is 2.15. The predicted molar refractivity (Wildman–Crippen MR) is 60.0 cm³/mol. The van der Waals surface area contributed by atoms with Crippen molar-refractivity contribution < 1.29 is 9.90 Å². The van der Waals surface area contributed by atoms with Gasteiger partial charge in [-0.25, -0.2) is 4.98 Å². The second-order valence-electron chi connectivity index (χ2n) is 3.20. The molecule has 6 nitrogen and oxygen atoms in total. The highest BCUT2D eigenvalue weighted by molar-refractivity contribution is 6.28. The van der Waals surface area contributed by atoms with Crippen LogP contribution in [0.4, 0.5) is 5.82 Å². The topological polar surface area (TPSA) is 87.1 Å². The fourth-order valence-corrected chi connectivity index (χ4v) is 1.22. The Kier molecular flexibility index (Phi) is 4.45. The van der Waals surface area contributed by atoms with Crippen molar-refractivity contribution >= 4 is 23.3 Å². The van der Waals surface area contributed by atoms with E-state index >= 15 is 0 Å². The Morgan fingerprint density at radius 3 is 2.75 bits per heavy atom. The van der Waals surface area contributed by atoms with Gasteiger partial charge >= 0.3 is 0 Å². The molecular weight excluding hydrogens is 232 g/mol. The molecule has 0 aliphatic carbocycles. The summed E-state index contributed by atoms with van der Waals surface area (Å²) in [6.45, 7) is 3.41. The van der Waals surface area contributed by atoms with Crippen molar-refractivity contribution in [2.24, 2.45) is 0 Å². The molecule has 0 aliphatic rings. The zero-order valence-electron chi connectivity index (χ0n) is 9.04. The maximum absolute atomic E-state index is 11.1. The summed E-state index contributed by atoms with van der Waals surface area (Å²) < 4.78 is 0. The number of halogens is 1. The smallest absolute Gasteiger partial charge is 0.240 e. The van der Waals surface area contributed by atoms with Gasteiger partial charge in [-0.3, -0.25) is 15.6 Å². The number of nitrogens with zero attached hydrogens (tertiary/aromatic N) is 2. The van der Waals surface area contributed by atoms with Crippen LogP contribution in [0.5, 0.6) is 0 Å². The minimum absolute atomic E-state index is 0.0316. The van der Waals surface area contributed by atoms with Gasteiger partial charge in [0, 0.05) is 11.3 Å². The molecular formula is C9H13ClN4O2. The molecule has 0 aromatic carbocycles. The van der Waals surface area contributed by atoms with Crippen LogP contribution in [0.2, 0.25) is 5.28 Å². The number of rotatable bonds is 4. The summed E-state index contributed by atoms with van der Waals surface area (Å²) in [5, 5.41) is 8.65. The number of aliphatic hydroxyl groups is 1. The van der Waals surface area contributed by atoms with E-state index in [0.29, 0.717) is 5.82 Å². The molecule has 3 N–H and O–H groups in total. The van der Waals surface area contributed by atoms with Crippen molar-refractivity contribution in [1.82, 2.24) is 15.4 Å². The second kappa shape index (κ2) is 5.62. The molecule has 0 unspecified atom stereocenters. The third-order valence-electron chi connectivity index (χ3n) is 2.02. The third-order valence-corrected chi connectivity index (χ3v) is 2.19. The average Bonchev–Trinajstić information content (AvgIpc) is 2.21. The first kappa shape index (κ1) is 12.7. The largest absolute Gasteiger partial charge is 0.396 e. The minimum atomic E-state index is -0.325. The molecule has 1 heterocycles. The van der Waals surface area contributed by atoms with E-state index in [1.54, 1.807) is 6.92 Å². The van der Waals surface area contributed by atoms with E-state index in [4.69, 9.17) is 16.7 Å².